The molecule has 0 heterocycles. The average molecular weight is 232 g/mol. The summed E-state index contributed by atoms with van der Waals surface area (Å²) in [5, 5.41) is 0. The van der Waals surface area contributed by atoms with Gasteiger partial charge in [-0.05, 0) is 42.4 Å². The van der Waals surface area contributed by atoms with Crippen LogP contribution in [0.25, 0.3) is 0 Å². The van der Waals surface area contributed by atoms with E-state index < -0.39 is 0 Å². The first-order chi connectivity index (χ1) is 8.16. The molecular formula is C15H20O2. The number of fused-ring (bicyclic) bond motifs is 1. The first-order valence-electron chi connectivity index (χ1n) is 6.38. The highest BCUT2D eigenvalue weighted by Gasteiger charge is 2.36. The van der Waals surface area contributed by atoms with E-state index in [-0.39, 0.29) is 11.2 Å². The molecule has 2 nitrogen and oxygen atoms in total. The average Bonchev–Trinajstić information content (AvgIpc) is 2.40. The second-order valence-electron chi connectivity index (χ2n) is 4.82. The number of carbonyl (C=O) groups excluding carboxylic acids is 1. The predicted octanol–water partition coefficient (Wildman–Crippen LogP) is 3.73. The van der Waals surface area contributed by atoms with E-state index in [4.69, 9.17) is 4.74 Å². The fourth-order valence-corrected chi connectivity index (χ4v) is 2.95. The Morgan fingerprint density at radius 3 is 2.59 bits per heavy atom. The Morgan fingerprint density at radius 1 is 1.29 bits per heavy atom. The third-order valence-corrected chi connectivity index (χ3v) is 4.28. The maximum absolute atomic E-state index is 12.0. The SMILES string of the molecule is CCC1(CC)CCC(=O)c2cc(OC)ccc21. The monoisotopic (exact) mass is 232 g/mol. The summed E-state index contributed by atoms with van der Waals surface area (Å²) in [5.74, 6) is 1.04. The second kappa shape index (κ2) is 4.52. The van der Waals surface area contributed by atoms with Gasteiger partial charge in [-0.3, -0.25) is 4.79 Å². The third kappa shape index (κ3) is 1.86. The molecule has 2 heteroatoms. The molecule has 17 heavy (non-hydrogen) atoms. The van der Waals surface area contributed by atoms with Crippen molar-refractivity contribution in [2.75, 3.05) is 7.11 Å². The number of carbonyl (C=O) groups is 1. The predicted molar refractivity (Wildman–Crippen MR) is 68.8 cm³/mol. The van der Waals surface area contributed by atoms with E-state index in [0.717, 1.165) is 30.6 Å². The minimum Gasteiger partial charge on any atom is -0.497 e. The first kappa shape index (κ1) is 12.2. The van der Waals surface area contributed by atoms with Crippen molar-refractivity contribution in [3.05, 3.63) is 29.3 Å². The van der Waals surface area contributed by atoms with Crippen molar-refractivity contribution >= 4 is 5.78 Å². The summed E-state index contributed by atoms with van der Waals surface area (Å²) in [6.07, 6.45) is 3.84. The molecule has 0 saturated heterocycles. The van der Waals surface area contributed by atoms with Crippen LogP contribution >= 0.6 is 0 Å². The zero-order chi connectivity index (χ0) is 12.5. The van der Waals surface area contributed by atoms with E-state index in [1.54, 1.807) is 7.11 Å². The maximum Gasteiger partial charge on any atom is 0.163 e. The zero-order valence-corrected chi connectivity index (χ0v) is 10.9. The van der Waals surface area contributed by atoms with Crippen LogP contribution in [-0.2, 0) is 5.41 Å². The van der Waals surface area contributed by atoms with E-state index in [9.17, 15) is 4.79 Å². The lowest BCUT2D eigenvalue weighted by Gasteiger charge is -2.37. The van der Waals surface area contributed by atoms with Gasteiger partial charge in [-0.1, -0.05) is 19.9 Å². The Labute approximate surface area is 103 Å². The molecule has 2 rings (SSSR count). The molecule has 92 valence electrons. The van der Waals surface area contributed by atoms with Crippen LogP contribution in [0.2, 0.25) is 0 Å². The topological polar surface area (TPSA) is 26.3 Å². The van der Waals surface area contributed by atoms with Gasteiger partial charge in [0.05, 0.1) is 7.11 Å². The van der Waals surface area contributed by atoms with Crippen LogP contribution in [0.4, 0.5) is 0 Å². The summed E-state index contributed by atoms with van der Waals surface area (Å²) in [6.45, 7) is 4.43. The zero-order valence-electron chi connectivity index (χ0n) is 10.9. The summed E-state index contributed by atoms with van der Waals surface area (Å²) in [4.78, 5) is 12.0. The number of methoxy groups -OCH3 is 1. The van der Waals surface area contributed by atoms with Crippen LogP contribution in [0.5, 0.6) is 5.75 Å². The number of benzene rings is 1. The molecule has 1 aliphatic carbocycles. The quantitative estimate of drug-likeness (QED) is 0.793. The molecular weight excluding hydrogens is 212 g/mol. The van der Waals surface area contributed by atoms with Crippen LogP contribution < -0.4 is 4.74 Å². The minimum atomic E-state index is 0.190. The molecule has 1 aliphatic rings. The molecule has 0 fully saturated rings. The van der Waals surface area contributed by atoms with Crippen LogP contribution in [0.1, 0.15) is 55.5 Å². The lowest BCUT2D eigenvalue weighted by atomic mass is 9.66. The summed E-state index contributed by atoms with van der Waals surface area (Å²) in [5.41, 5.74) is 2.29. The van der Waals surface area contributed by atoms with Gasteiger partial charge in [0.2, 0.25) is 0 Å². The Bertz CT molecular complexity index is 431. The van der Waals surface area contributed by atoms with Crippen molar-refractivity contribution in [2.24, 2.45) is 0 Å². The van der Waals surface area contributed by atoms with Gasteiger partial charge in [0, 0.05) is 12.0 Å². The van der Waals surface area contributed by atoms with Gasteiger partial charge in [-0.2, -0.15) is 0 Å². The van der Waals surface area contributed by atoms with Crippen molar-refractivity contribution in [2.45, 2.75) is 44.9 Å². The van der Waals surface area contributed by atoms with Crippen molar-refractivity contribution in [3.63, 3.8) is 0 Å². The molecule has 0 spiro atoms. The lowest BCUT2D eigenvalue weighted by Crippen LogP contribution is -2.32. The molecule has 0 saturated carbocycles. The highest BCUT2D eigenvalue weighted by Crippen LogP contribution is 2.43. The van der Waals surface area contributed by atoms with Crippen LogP contribution in [0.3, 0.4) is 0 Å². The van der Waals surface area contributed by atoms with Crippen molar-refractivity contribution in [1.29, 1.82) is 0 Å². The Balaban J connectivity index is 2.57. The Kier molecular flexibility index (Phi) is 3.23. The van der Waals surface area contributed by atoms with E-state index in [1.165, 1.54) is 5.56 Å². The fourth-order valence-electron chi connectivity index (χ4n) is 2.95. The number of ether oxygens (including phenoxy) is 1. The highest BCUT2D eigenvalue weighted by molar-refractivity contribution is 5.99. The van der Waals surface area contributed by atoms with E-state index >= 15 is 0 Å². The second-order valence-corrected chi connectivity index (χ2v) is 4.82. The van der Waals surface area contributed by atoms with E-state index in [1.807, 2.05) is 12.1 Å². The number of Topliss-reactive ketones (excluding diaryl/α,β-unsaturated/α-hetero) is 1. The summed E-state index contributed by atoms with van der Waals surface area (Å²) in [6, 6.07) is 5.95. The molecule has 0 aliphatic heterocycles. The van der Waals surface area contributed by atoms with Gasteiger partial charge < -0.3 is 4.74 Å². The minimum absolute atomic E-state index is 0.190. The van der Waals surface area contributed by atoms with Gasteiger partial charge >= 0.3 is 0 Å². The van der Waals surface area contributed by atoms with Gasteiger partial charge in [0.15, 0.2) is 5.78 Å². The first-order valence-corrected chi connectivity index (χ1v) is 6.38. The smallest absolute Gasteiger partial charge is 0.163 e. The number of ketones is 1. The normalized spacial score (nSPS) is 17.7. The Morgan fingerprint density at radius 2 is 2.00 bits per heavy atom. The van der Waals surface area contributed by atoms with Crippen LogP contribution in [-0.4, -0.2) is 12.9 Å². The van der Waals surface area contributed by atoms with Gasteiger partial charge in [-0.15, -0.1) is 0 Å². The molecule has 0 bridgehead atoms. The fraction of sp³-hybridized carbons (Fsp3) is 0.533. The molecule has 1 aromatic carbocycles. The molecule has 1 aromatic rings. The third-order valence-electron chi connectivity index (χ3n) is 4.28. The molecule has 0 atom stereocenters. The molecule has 0 N–H and O–H groups in total. The van der Waals surface area contributed by atoms with E-state index in [2.05, 4.69) is 19.9 Å². The van der Waals surface area contributed by atoms with Crippen LogP contribution in [0, 0.1) is 0 Å². The van der Waals surface area contributed by atoms with Crippen LogP contribution in [0.15, 0.2) is 18.2 Å². The number of rotatable bonds is 3. The van der Waals surface area contributed by atoms with Gasteiger partial charge in [-0.25, -0.2) is 0 Å². The molecule has 0 radical (unpaired) electrons. The summed E-state index contributed by atoms with van der Waals surface area (Å²) >= 11 is 0. The molecule has 0 aromatic heterocycles. The lowest BCUT2D eigenvalue weighted by molar-refractivity contribution is 0.0948. The summed E-state index contributed by atoms with van der Waals surface area (Å²) in [7, 11) is 1.64. The largest absolute Gasteiger partial charge is 0.497 e. The summed E-state index contributed by atoms with van der Waals surface area (Å²) < 4.78 is 5.21. The maximum atomic E-state index is 12.0. The molecule has 0 amide bonds. The van der Waals surface area contributed by atoms with Gasteiger partial charge in [0.1, 0.15) is 5.75 Å². The number of hydrogen-bond acceptors (Lipinski definition) is 2. The standard InChI is InChI=1S/C15H20O2/c1-4-15(5-2)9-8-14(16)12-10-11(17-3)6-7-13(12)15/h6-7,10H,4-5,8-9H2,1-3H3. The van der Waals surface area contributed by atoms with Gasteiger partial charge in [0.25, 0.3) is 0 Å². The Hall–Kier alpha value is -1.31. The van der Waals surface area contributed by atoms with Crippen molar-refractivity contribution in [1.82, 2.24) is 0 Å². The molecule has 0 unspecified atom stereocenters. The van der Waals surface area contributed by atoms with E-state index in [0.29, 0.717) is 6.42 Å². The number of hydrogen-bond donors (Lipinski definition) is 0. The van der Waals surface area contributed by atoms with Crippen molar-refractivity contribution in [3.8, 4) is 5.75 Å². The highest BCUT2D eigenvalue weighted by atomic mass is 16.5. The van der Waals surface area contributed by atoms with Crippen molar-refractivity contribution < 1.29 is 9.53 Å².